The number of amides is 1. The van der Waals surface area contributed by atoms with Gasteiger partial charge in [0.2, 0.25) is 0 Å². The maximum atomic E-state index is 12.4. The molecule has 4 nitrogen and oxygen atoms in total. The Balaban J connectivity index is 2.10. The van der Waals surface area contributed by atoms with Crippen LogP contribution in [0.1, 0.15) is 27.2 Å². The number of thiophene rings is 1. The van der Waals surface area contributed by atoms with Crippen molar-refractivity contribution in [2.45, 2.75) is 13.5 Å². The van der Waals surface area contributed by atoms with Crippen LogP contribution in [-0.2, 0) is 6.54 Å². The van der Waals surface area contributed by atoms with E-state index in [-0.39, 0.29) is 5.91 Å². The van der Waals surface area contributed by atoms with Crippen LogP contribution in [0.25, 0.3) is 0 Å². The van der Waals surface area contributed by atoms with E-state index < -0.39 is 0 Å². The molecule has 5 heteroatoms. The van der Waals surface area contributed by atoms with Gasteiger partial charge in [0.25, 0.3) is 5.91 Å². The summed E-state index contributed by atoms with van der Waals surface area (Å²) in [5.74, 6) is 6.49. The Morgan fingerprint density at radius 3 is 2.95 bits per heavy atom. The first-order valence-electron chi connectivity index (χ1n) is 6.35. The second-order valence-electron chi connectivity index (χ2n) is 4.07. The number of hydrogen-bond acceptors (Lipinski definition) is 4. The zero-order valence-electron chi connectivity index (χ0n) is 11.3. The molecule has 2 N–H and O–H groups in total. The van der Waals surface area contributed by atoms with Crippen LogP contribution in [0, 0.1) is 11.8 Å². The molecule has 0 saturated heterocycles. The zero-order valence-corrected chi connectivity index (χ0v) is 12.1. The van der Waals surface area contributed by atoms with Crippen molar-refractivity contribution in [1.29, 1.82) is 0 Å². The molecule has 2 heterocycles. The van der Waals surface area contributed by atoms with Crippen LogP contribution >= 0.6 is 11.3 Å². The summed E-state index contributed by atoms with van der Waals surface area (Å²) in [4.78, 5) is 15.7. The molecular formula is C15H16N2O2S. The van der Waals surface area contributed by atoms with E-state index in [0.29, 0.717) is 24.5 Å². The number of carbonyl (C=O) groups excluding carboxylic acids is 1. The average Bonchev–Trinajstić information content (AvgIpc) is 3.13. The highest BCUT2D eigenvalue weighted by molar-refractivity contribution is 7.14. The summed E-state index contributed by atoms with van der Waals surface area (Å²) in [6.45, 7) is 3.37. The third kappa shape index (κ3) is 3.50. The van der Waals surface area contributed by atoms with Crippen molar-refractivity contribution in [3.8, 4) is 11.8 Å². The maximum Gasteiger partial charge on any atom is 0.264 e. The van der Waals surface area contributed by atoms with Crippen molar-refractivity contribution in [2.75, 3.05) is 13.1 Å². The predicted molar refractivity (Wildman–Crippen MR) is 79.4 cm³/mol. The lowest BCUT2D eigenvalue weighted by Crippen LogP contribution is -2.29. The Labute approximate surface area is 122 Å². The molecule has 0 saturated carbocycles. The van der Waals surface area contributed by atoms with Gasteiger partial charge in [0.15, 0.2) is 0 Å². The fourth-order valence-electron chi connectivity index (χ4n) is 1.73. The highest BCUT2D eigenvalue weighted by atomic mass is 32.1. The van der Waals surface area contributed by atoms with Crippen molar-refractivity contribution in [3.63, 3.8) is 0 Å². The topological polar surface area (TPSA) is 59.5 Å². The molecule has 0 radical (unpaired) electrons. The summed E-state index contributed by atoms with van der Waals surface area (Å²) < 4.78 is 5.28. The molecule has 0 aliphatic heterocycles. The highest BCUT2D eigenvalue weighted by Gasteiger charge is 2.17. The zero-order chi connectivity index (χ0) is 14.4. The molecule has 2 rings (SSSR count). The SMILES string of the molecule is CCN(Cc1ccco1)C(=O)c1ccc(C#CCN)s1. The Morgan fingerprint density at radius 2 is 2.30 bits per heavy atom. The van der Waals surface area contributed by atoms with E-state index in [1.165, 1.54) is 11.3 Å². The van der Waals surface area contributed by atoms with Gasteiger partial charge in [0, 0.05) is 6.54 Å². The van der Waals surface area contributed by atoms with Crippen LogP contribution < -0.4 is 5.73 Å². The van der Waals surface area contributed by atoms with E-state index in [0.717, 1.165) is 10.6 Å². The Morgan fingerprint density at radius 1 is 1.45 bits per heavy atom. The first-order valence-corrected chi connectivity index (χ1v) is 7.16. The van der Waals surface area contributed by atoms with E-state index in [9.17, 15) is 4.79 Å². The van der Waals surface area contributed by atoms with Gasteiger partial charge in [0.05, 0.1) is 29.1 Å². The van der Waals surface area contributed by atoms with Gasteiger partial charge in [-0.2, -0.15) is 0 Å². The summed E-state index contributed by atoms with van der Waals surface area (Å²) >= 11 is 1.39. The van der Waals surface area contributed by atoms with Crippen LogP contribution in [0.15, 0.2) is 34.9 Å². The molecule has 0 unspecified atom stereocenters. The monoisotopic (exact) mass is 288 g/mol. The van der Waals surface area contributed by atoms with Gasteiger partial charge < -0.3 is 15.1 Å². The minimum absolute atomic E-state index is 0.00491. The van der Waals surface area contributed by atoms with Crippen LogP contribution in [0.2, 0.25) is 0 Å². The normalized spacial score (nSPS) is 9.90. The minimum atomic E-state index is -0.00491. The van der Waals surface area contributed by atoms with Gasteiger partial charge in [-0.15, -0.1) is 11.3 Å². The van der Waals surface area contributed by atoms with Crippen molar-refractivity contribution >= 4 is 17.2 Å². The highest BCUT2D eigenvalue weighted by Crippen LogP contribution is 2.18. The molecule has 1 amide bonds. The summed E-state index contributed by atoms with van der Waals surface area (Å²) in [5.41, 5.74) is 5.33. The second-order valence-corrected chi connectivity index (χ2v) is 5.15. The Hall–Kier alpha value is -2.03. The molecule has 0 bridgehead atoms. The van der Waals surface area contributed by atoms with Crippen molar-refractivity contribution in [2.24, 2.45) is 5.73 Å². The molecular weight excluding hydrogens is 272 g/mol. The summed E-state index contributed by atoms with van der Waals surface area (Å²) in [5, 5.41) is 0. The molecule has 0 aliphatic carbocycles. The first kappa shape index (κ1) is 14.4. The molecule has 2 aromatic heterocycles. The fraction of sp³-hybridized carbons (Fsp3) is 0.267. The smallest absolute Gasteiger partial charge is 0.264 e. The van der Waals surface area contributed by atoms with E-state index in [1.54, 1.807) is 17.2 Å². The first-order chi connectivity index (χ1) is 9.74. The van der Waals surface area contributed by atoms with Crippen molar-refractivity contribution < 1.29 is 9.21 Å². The summed E-state index contributed by atoms with van der Waals surface area (Å²) in [7, 11) is 0. The molecule has 0 aromatic carbocycles. The van der Waals surface area contributed by atoms with Crippen molar-refractivity contribution in [1.82, 2.24) is 4.90 Å². The molecule has 104 valence electrons. The van der Waals surface area contributed by atoms with E-state index in [1.807, 2.05) is 25.1 Å². The number of rotatable bonds is 4. The van der Waals surface area contributed by atoms with E-state index >= 15 is 0 Å². The number of carbonyl (C=O) groups is 1. The summed E-state index contributed by atoms with van der Waals surface area (Å²) in [6.07, 6.45) is 1.61. The molecule has 0 aliphatic rings. The lowest BCUT2D eigenvalue weighted by atomic mass is 10.3. The number of furan rings is 1. The standard InChI is InChI=1S/C15H16N2O2S/c1-2-17(11-12-5-4-10-19-12)15(18)14-8-7-13(20-14)6-3-9-16/h4-5,7-8,10H,2,9,11,16H2,1H3. The summed E-state index contributed by atoms with van der Waals surface area (Å²) in [6, 6.07) is 7.33. The van der Waals surface area contributed by atoms with Gasteiger partial charge in [-0.3, -0.25) is 4.79 Å². The Bertz CT molecular complexity index is 620. The van der Waals surface area contributed by atoms with Crippen LogP contribution in [0.5, 0.6) is 0 Å². The lowest BCUT2D eigenvalue weighted by Gasteiger charge is -2.18. The number of hydrogen-bond donors (Lipinski definition) is 1. The predicted octanol–water partition coefficient (Wildman–Crippen LogP) is 2.31. The molecule has 0 fully saturated rings. The van der Waals surface area contributed by atoms with Gasteiger partial charge in [-0.1, -0.05) is 11.8 Å². The Kier molecular flexibility index (Phi) is 4.99. The third-order valence-electron chi connectivity index (χ3n) is 2.73. The molecule has 0 spiro atoms. The van der Waals surface area contributed by atoms with Crippen LogP contribution in [-0.4, -0.2) is 23.9 Å². The van der Waals surface area contributed by atoms with Gasteiger partial charge in [-0.25, -0.2) is 0 Å². The van der Waals surface area contributed by atoms with Gasteiger partial charge >= 0.3 is 0 Å². The van der Waals surface area contributed by atoms with Gasteiger partial charge in [0.1, 0.15) is 5.76 Å². The van der Waals surface area contributed by atoms with E-state index in [4.69, 9.17) is 10.2 Å². The fourth-order valence-corrected chi connectivity index (χ4v) is 2.58. The van der Waals surface area contributed by atoms with Gasteiger partial charge in [-0.05, 0) is 31.2 Å². The molecule has 0 atom stereocenters. The van der Waals surface area contributed by atoms with E-state index in [2.05, 4.69) is 11.8 Å². The third-order valence-corrected chi connectivity index (χ3v) is 3.71. The molecule has 20 heavy (non-hydrogen) atoms. The molecule has 2 aromatic rings. The second kappa shape index (κ2) is 6.94. The number of nitrogens with zero attached hydrogens (tertiary/aromatic N) is 1. The largest absolute Gasteiger partial charge is 0.467 e. The number of nitrogens with two attached hydrogens (primary N) is 1. The quantitative estimate of drug-likeness (QED) is 0.878. The maximum absolute atomic E-state index is 12.4. The minimum Gasteiger partial charge on any atom is -0.467 e. The van der Waals surface area contributed by atoms with Crippen LogP contribution in [0.3, 0.4) is 0 Å². The average molecular weight is 288 g/mol. The van der Waals surface area contributed by atoms with Crippen molar-refractivity contribution in [3.05, 3.63) is 46.0 Å². The van der Waals surface area contributed by atoms with Crippen LogP contribution in [0.4, 0.5) is 0 Å². The lowest BCUT2D eigenvalue weighted by molar-refractivity contribution is 0.0746.